The fourth-order valence-electron chi connectivity index (χ4n) is 0.694. The fourth-order valence-corrected chi connectivity index (χ4v) is 0.992. The van der Waals surface area contributed by atoms with E-state index < -0.39 is 0 Å². The van der Waals surface area contributed by atoms with Gasteiger partial charge in [0.2, 0.25) is 7.41 Å². The standard InChI is InChI=1S/C4H7BN2OS/c1-3-6-8-4(9)7(3)5-2/h5H,1-2H3. The molecule has 0 bridgehead atoms. The zero-order chi connectivity index (χ0) is 6.85. The van der Waals surface area contributed by atoms with Crippen molar-refractivity contribution in [3.63, 3.8) is 0 Å². The van der Waals surface area contributed by atoms with Gasteiger partial charge in [-0.2, -0.15) is 0 Å². The minimum Gasteiger partial charge on any atom is -0.337 e. The minimum absolute atomic E-state index is 0.454. The summed E-state index contributed by atoms with van der Waals surface area (Å²) in [5.74, 6) is 0.836. The predicted octanol–water partition coefficient (Wildman–Crippen LogP) is 0.762. The smallest absolute Gasteiger partial charge is 0.284 e. The molecule has 0 fully saturated rings. The first-order valence-electron chi connectivity index (χ1n) is 2.78. The van der Waals surface area contributed by atoms with Gasteiger partial charge in [-0.1, -0.05) is 12.0 Å². The lowest BCUT2D eigenvalue weighted by Crippen LogP contribution is -2.03. The third-order valence-corrected chi connectivity index (χ3v) is 1.48. The van der Waals surface area contributed by atoms with Gasteiger partial charge in [-0.25, -0.2) is 0 Å². The molecular weight excluding hydrogens is 135 g/mol. The molecule has 1 heterocycles. The second-order valence-electron chi connectivity index (χ2n) is 1.74. The molecule has 0 aliphatic heterocycles. The highest BCUT2D eigenvalue weighted by atomic mass is 32.1. The lowest BCUT2D eigenvalue weighted by atomic mass is 10.00. The highest BCUT2D eigenvalue weighted by Gasteiger charge is 1.98. The second-order valence-corrected chi connectivity index (χ2v) is 2.09. The molecule has 3 nitrogen and oxygen atoms in total. The van der Waals surface area contributed by atoms with Gasteiger partial charge in [0.25, 0.3) is 4.84 Å². The molecule has 0 atom stereocenters. The van der Waals surface area contributed by atoms with Crippen molar-refractivity contribution in [2.24, 2.45) is 0 Å². The van der Waals surface area contributed by atoms with Crippen LogP contribution in [-0.4, -0.2) is 17.0 Å². The van der Waals surface area contributed by atoms with Crippen LogP contribution in [0.15, 0.2) is 4.52 Å². The Morgan fingerprint density at radius 1 is 1.78 bits per heavy atom. The first kappa shape index (κ1) is 6.54. The summed E-state index contributed by atoms with van der Waals surface area (Å²) >= 11 is 4.81. The molecule has 0 amide bonds. The number of rotatable bonds is 1. The molecule has 5 heteroatoms. The summed E-state index contributed by atoms with van der Waals surface area (Å²) in [5, 5.41) is 3.67. The maximum absolute atomic E-state index is 4.81. The molecule has 1 rings (SSSR count). The Balaban J connectivity index is 3.23. The van der Waals surface area contributed by atoms with Crippen molar-refractivity contribution in [3.05, 3.63) is 10.7 Å². The predicted molar refractivity (Wildman–Crippen MR) is 38.5 cm³/mol. The van der Waals surface area contributed by atoms with Crippen LogP contribution in [0.3, 0.4) is 0 Å². The lowest BCUT2D eigenvalue weighted by molar-refractivity contribution is 0.399. The van der Waals surface area contributed by atoms with Gasteiger partial charge in [0.05, 0.1) is 0 Å². The van der Waals surface area contributed by atoms with Crippen LogP contribution in [-0.2, 0) is 0 Å². The third kappa shape index (κ3) is 1.05. The summed E-state index contributed by atoms with van der Waals surface area (Å²) in [6.07, 6.45) is 0. The summed E-state index contributed by atoms with van der Waals surface area (Å²) < 4.78 is 6.54. The topological polar surface area (TPSA) is 31.0 Å². The van der Waals surface area contributed by atoms with Crippen LogP contribution in [0.2, 0.25) is 6.82 Å². The molecule has 0 N–H and O–H groups in total. The maximum Gasteiger partial charge on any atom is 0.284 e. The van der Waals surface area contributed by atoms with Crippen LogP contribution in [0, 0.1) is 11.8 Å². The van der Waals surface area contributed by atoms with Crippen LogP contribution >= 0.6 is 12.2 Å². The van der Waals surface area contributed by atoms with E-state index in [0.29, 0.717) is 4.84 Å². The molecule has 48 valence electrons. The molecular formula is C4H7BN2OS. The molecule has 0 unspecified atom stereocenters. The van der Waals surface area contributed by atoms with Gasteiger partial charge in [0.1, 0.15) is 5.82 Å². The fraction of sp³-hybridized carbons (Fsp3) is 0.500. The van der Waals surface area contributed by atoms with E-state index in [1.807, 2.05) is 18.2 Å². The van der Waals surface area contributed by atoms with Gasteiger partial charge in [0, 0.05) is 0 Å². The Bertz CT molecular complexity index is 253. The van der Waals surface area contributed by atoms with E-state index in [1.165, 1.54) is 0 Å². The molecule has 0 aliphatic rings. The SMILES string of the molecule is CBn1c(C)noc1=S. The van der Waals surface area contributed by atoms with Crippen molar-refractivity contribution in [1.29, 1.82) is 0 Å². The summed E-state index contributed by atoms with van der Waals surface area (Å²) in [6, 6.07) is 0. The number of aryl methyl sites for hydroxylation is 1. The Labute approximate surface area is 58.9 Å². The molecule has 0 aliphatic carbocycles. The summed E-state index contributed by atoms with van der Waals surface area (Å²) in [4.78, 5) is 0.454. The van der Waals surface area contributed by atoms with Crippen molar-refractivity contribution in [3.8, 4) is 0 Å². The second kappa shape index (κ2) is 2.35. The summed E-state index contributed by atoms with van der Waals surface area (Å²) in [6.45, 7) is 3.86. The maximum atomic E-state index is 4.81. The van der Waals surface area contributed by atoms with Crippen LogP contribution in [0.5, 0.6) is 0 Å². The molecule has 9 heavy (non-hydrogen) atoms. The van der Waals surface area contributed by atoms with E-state index in [9.17, 15) is 0 Å². The van der Waals surface area contributed by atoms with Gasteiger partial charge in [-0.05, 0) is 19.1 Å². The number of hydrogen-bond acceptors (Lipinski definition) is 3. The van der Waals surface area contributed by atoms with E-state index in [2.05, 4.69) is 5.16 Å². The lowest BCUT2D eigenvalue weighted by Gasteiger charge is -1.90. The largest absolute Gasteiger partial charge is 0.337 e. The van der Waals surface area contributed by atoms with E-state index in [4.69, 9.17) is 16.7 Å². The van der Waals surface area contributed by atoms with Gasteiger partial charge >= 0.3 is 0 Å². The van der Waals surface area contributed by atoms with E-state index in [1.54, 1.807) is 0 Å². The average Bonchev–Trinajstić information content (AvgIpc) is 2.12. The highest BCUT2D eigenvalue weighted by Crippen LogP contribution is 1.94. The highest BCUT2D eigenvalue weighted by molar-refractivity contribution is 7.71. The minimum atomic E-state index is 0.454. The van der Waals surface area contributed by atoms with Crippen LogP contribution in [0.25, 0.3) is 0 Å². The molecule has 0 radical (unpaired) electrons. The van der Waals surface area contributed by atoms with E-state index in [-0.39, 0.29) is 0 Å². The molecule has 1 aromatic rings. The zero-order valence-electron chi connectivity index (χ0n) is 5.42. The molecule has 0 saturated heterocycles. The average molecular weight is 142 g/mol. The van der Waals surface area contributed by atoms with Crippen molar-refractivity contribution < 1.29 is 4.52 Å². The Morgan fingerprint density at radius 2 is 2.44 bits per heavy atom. The molecule has 0 aromatic carbocycles. The molecule has 0 saturated carbocycles. The van der Waals surface area contributed by atoms with Gasteiger partial charge < -0.3 is 9.00 Å². The number of nitrogens with zero attached hydrogens (tertiary/aromatic N) is 2. The Hall–Kier alpha value is -0.575. The quantitative estimate of drug-likeness (QED) is 0.428. The Morgan fingerprint density at radius 3 is 2.67 bits per heavy atom. The molecule has 0 spiro atoms. The summed E-state index contributed by atoms with van der Waals surface area (Å²) in [5.41, 5.74) is 0. The van der Waals surface area contributed by atoms with Crippen LogP contribution < -0.4 is 0 Å². The van der Waals surface area contributed by atoms with E-state index in [0.717, 1.165) is 13.2 Å². The Kier molecular flexibility index (Phi) is 1.71. The van der Waals surface area contributed by atoms with Crippen LogP contribution in [0.1, 0.15) is 5.82 Å². The van der Waals surface area contributed by atoms with Crippen molar-refractivity contribution in [2.45, 2.75) is 13.7 Å². The van der Waals surface area contributed by atoms with Crippen molar-refractivity contribution in [1.82, 2.24) is 9.63 Å². The third-order valence-electron chi connectivity index (χ3n) is 1.18. The van der Waals surface area contributed by atoms with Crippen LogP contribution in [0.4, 0.5) is 0 Å². The van der Waals surface area contributed by atoms with Crippen molar-refractivity contribution >= 4 is 19.6 Å². The normalized spacial score (nSPS) is 9.56. The molecule has 1 aromatic heterocycles. The number of aromatic nitrogens is 2. The van der Waals surface area contributed by atoms with Gasteiger partial charge in [-0.15, -0.1) is 0 Å². The van der Waals surface area contributed by atoms with E-state index >= 15 is 0 Å². The summed E-state index contributed by atoms with van der Waals surface area (Å²) in [7, 11) is 0.828. The van der Waals surface area contributed by atoms with Gasteiger partial charge in [-0.3, -0.25) is 0 Å². The zero-order valence-corrected chi connectivity index (χ0v) is 6.23. The van der Waals surface area contributed by atoms with Crippen molar-refractivity contribution in [2.75, 3.05) is 0 Å². The van der Waals surface area contributed by atoms with Gasteiger partial charge in [0.15, 0.2) is 0 Å². The first-order valence-corrected chi connectivity index (χ1v) is 3.19. The number of hydrogen-bond donors (Lipinski definition) is 0. The monoisotopic (exact) mass is 142 g/mol. The first-order chi connectivity index (χ1) is 4.25.